The van der Waals surface area contributed by atoms with Crippen LogP contribution in [0.4, 0.5) is 11.6 Å². The Hall–Kier alpha value is -2.30. The summed E-state index contributed by atoms with van der Waals surface area (Å²) in [5, 5.41) is 6.67. The van der Waals surface area contributed by atoms with Gasteiger partial charge in [-0.2, -0.15) is 0 Å². The van der Waals surface area contributed by atoms with Gasteiger partial charge in [0.05, 0.1) is 12.6 Å². The quantitative estimate of drug-likeness (QED) is 0.907. The minimum atomic E-state index is 0.215. The smallest absolute Gasteiger partial charge is 0.135 e. The van der Waals surface area contributed by atoms with Crippen LogP contribution in [0.25, 0.3) is 0 Å². The van der Waals surface area contributed by atoms with Crippen LogP contribution in [0.3, 0.4) is 0 Å². The Bertz CT molecular complexity index is 657. The molecule has 0 amide bonds. The van der Waals surface area contributed by atoms with E-state index in [1.54, 1.807) is 0 Å². The van der Waals surface area contributed by atoms with Crippen LogP contribution in [0.5, 0.6) is 5.75 Å². The lowest BCUT2D eigenvalue weighted by Gasteiger charge is -2.27. The molecule has 1 aliphatic heterocycles. The van der Waals surface area contributed by atoms with Crippen molar-refractivity contribution in [3.05, 3.63) is 41.2 Å². The van der Waals surface area contributed by atoms with Crippen LogP contribution >= 0.6 is 0 Å². The second-order valence-electron chi connectivity index (χ2n) is 5.21. The first-order valence-corrected chi connectivity index (χ1v) is 7.20. The minimum Gasteiger partial charge on any atom is -0.493 e. The molecule has 0 saturated carbocycles. The fourth-order valence-electron chi connectivity index (χ4n) is 2.67. The first-order chi connectivity index (χ1) is 10.2. The number of fused-ring (bicyclic) bond motifs is 1. The molecule has 0 fully saturated rings. The Labute approximate surface area is 124 Å². The lowest BCUT2D eigenvalue weighted by atomic mass is 10.0. The Morgan fingerprint density at radius 3 is 2.71 bits per heavy atom. The van der Waals surface area contributed by atoms with Crippen molar-refractivity contribution in [2.24, 2.45) is 0 Å². The number of benzene rings is 1. The maximum Gasteiger partial charge on any atom is 0.135 e. The molecule has 0 bridgehead atoms. The first kappa shape index (κ1) is 13.7. The van der Waals surface area contributed by atoms with E-state index in [0.717, 1.165) is 41.8 Å². The normalized spacial score (nSPS) is 16.8. The molecule has 5 heteroatoms. The summed E-state index contributed by atoms with van der Waals surface area (Å²) in [5.41, 5.74) is 2.22. The van der Waals surface area contributed by atoms with Crippen molar-refractivity contribution >= 4 is 11.6 Å². The highest BCUT2D eigenvalue weighted by Crippen LogP contribution is 2.34. The number of nitrogens with zero attached hydrogens (tertiary/aromatic N) is 2. The Balaban J connectivity index is 1.93. The van der Waals surface area contributed by atoms with Crippen LogP contribution in [0.1, 0.15) is 29.4 Å². The molecule has 2 heterocycles. The van der Waals surface area contributed by atoms with Crippen LogP contribution in [0.15, 0.2) is 24.3 Å². The molecule has 110 valence electrons. The summed E-state index contributed by atoms with van der Waals surface area (Å²) in [7, 11) is 1.88. The molecule has 1 unspecified atom stereocenters. The summed E-state index contributed by atoms with van der Waals surface area (Å²) in [6.45, 7) is 4.65. The monoisotopic (exact) mass is 284 g/mol. The average molecular weight is 284 g/mol. The van der Waals surface area contributed by atoms with E-state index in [9.17, 15) is 0 Å². The van der Waals surface area contributed by atoms with Crippen LogP contribution in [0, 0.1) is 13.8 Å². The third-order valence-corrected chi connectivity index (χ3v) is 3.76. The molecule has 1 aromatic carbocycles. The van der Waals surface area contributed by atoms with Gasteiger partial charge in [0.1, 0.15) is 23.2 Å². The topological polar surface area (TPSA) is 59.1 Å². The number of hydrogen-bond acceptors (Lipinski definition) is 5. The lowest BCUT2D eigenvalue weighted by molar-refractivity contribution is 0.274. The van der Waals surface area contributed by atoms with E-state index in [0.29, 0.717) is 0 Å². The standard InChI is InChI=1S/C16H20N4O/c1-10-15(17-3)18-11(2)19-16(10)20-13-8-9-21-14-7-5-4-6-12(13)14/h4-7,13H,8-9H2,1-3H3,(H2,17,18,19,20). The molecule has 1 aromatic heterocycles. The molecular weight excluding hydrogens is 264 g/mol. The summed E-state index contributed by atoms with van der Waals surface area (Å²) in [5.74, 6) is 3.46. The number of anilines is 2. The van der Waals surface area contributed by atoms with Gasteiger partial charge in [-0.05, 0) is 19.9 Å². The van der Waals surface area contributed by atoms with Gasteiger partial charge in [-0.1, -0.05) is 18.2 Å². The van der Waals surface area contributed by atoms with Crippen molar-refractivity contribution in [1.29, 1.82) is 0 Å². The first-order valence-electron chi connectivity index (χ1n) is 7.20. The molecule has 3 rings (SSSR count). The van der Waals surface area contributed by atoms with Crippen molar-refractivity contribution in [2.75, 3.05) is 24.3 Å². The second kappa shape index (κ2) is 5.60. The third kappa shape index (κ3) is 2.63. The number of para-hydroxylation sites is 1. The van der Waals surface area contributed by atoms with E-state index in [4.69, 9.17) is 4.74 Å². The molecule has 2 N–H and O–H groups in total. The van der Waals surface area contributed by atoms with Crippen LogP contribution in [0.2, 0.25) is 0 Å². The third-order valence-electron chi connectivity index (χ3n) is 3.76. The predicted octanol–water partition coefficient (Wildman–Crippen LogP) is 3.07. The summed E-state index contributed by atoms with van der Waals surface area (Å²) < 4.78 is 5.71. The van der Waals surface area contributed by atoms with Crippen LogP contribution in [-0.4, -0.2) is 23.6 Å². The van der Waals surface area contributed by atoms with E-state index in [-0.39, 0.29) is 6.04 Å². The SMILES string of the molecule is CNc1nc(C)nc(NC2CCOc3ccccc32)c1C. The second-order valence-corrected chi connectivity index (χ2v) is 5.21. The highest BCUT2D eigenvalue weighted by atomic mass is 16.5. The van der Waals surface area contributed by atoms with Crippen molar-refractivity contribution in [3.8, 4) is 5.75 Å². The highest BCUT2D eigenvalue weighted by Gasteiger charge is 2.22. The number of aromatic nitrogens is 2. The molecule has 21 heavy (non-hydrogen) atoms. The number of ether oxygens (including phenoxy) is 1. The Morgan fingerprint density at radius 2 is 1.90 bits per heavy atom. The molecular formula is C16H20N4O. The van der Waals surface area contributed by atoms with Gasteiger partial charge in [-0.3, -0.25) is 0 Å². The molecule has 0 spiro atoms. The zero-order chi connectivity index (χ0) is 14.8. The molecule has 0 saturated heterocycles. The fraction of sp³-hybridized carbons (Fsp3) is 0.375. The van der Waals surface area contributed by atoms with Crippen LogP contribution in [-0.2, 0) is 0 Å². The number of aryl methyl sites for hydroxylation is 1. The van der Waals surface area contributed by atoms with E-state index in [2.05, 4.69) is 26.7 Å². The maximum atomic E-state index is 5.71. The van der Waals surface area contributed by atoms with Crippen molar-refractivity contribution in [1.82, 2.24) is 9.97 Å². The summed E-state index contributed by atoms with van der Waals surface area (Å²) in [6, 6.07) is 8.38. The van der Waals surface area contributed by atoms with Gasteiger partial charge in [0.15, 0.2) is 0 Å². The van der Waals surface area contributed by atoms with E-state index < -0.39 is 0 Å². The Kier molecular flexibility index (Phi) is 3.64. The molecule has 0 radical (unpaired) electrons. The van der Waals surface area contributed by atoms with E-state index in [1.807, 2.05) is 39.1 Å². The van der Waals surface area contributed by atoms with Crippen LogP contribution < -0.4 is 15.4 Å². The van der Waals surface area contributed by atoms with Gasteiger partial charge in [0.25, 0.3) is 0 Å². The minimum absolute atomic E-state index is 0.215. The lowest BCUT2D eigenvalue weighted by Crippen LogP contribution is -2.21. The fourth-order valence-corrected chi connectivity index (χ4v) is 2.67. The van der Waals surface area contributed by atoms with Gasteiger partial charge in [0, 0.05) is 24.6 Å². The van der Waals surface area contributed by atoms with Gasteiger partial charge in [-0.25, -0.2) is 9.97 Å². The number of hydrogen-bond donors (Lipinski definition) is 2. The van der Waals surface area contributed by atoms with Gasteiger partial charge in [0.2, 0.25) is 0 Å². The van der Waals surface area contributed by atoms with Crippen molar-refractivity contribution in [2.45, 2.75) is 26.3 Å². The van der Waals surface area contributed by atoms with Gasteiger partial charge < -0.3 is 15.4 Å². The maximum absolute atomic E-state index is 5.71. The highest BCUT2D eigenvalue weighted by molar-refractivity contribution is 5.58. The number of nitrogens with one attached hydrogen (secondary N) is 2. The predicted molar refractivity (Wildman–Crippen MR) is 84.0 cm³/mol. The molecule has 2 aromatic rings. The molecule has 5 nitrogen and oxygen atoms in total. The summed E-state index contributed by atoms with van der Waals surface area (Å²) in [6.07, 6.45) is 0.925. The summed E-state index contributed by atoms with van der Waals surface area (Å²) in [4.78, 5) is 8.95. The van der Waals surface area contributed by atoms with Gasteiger partial charge in [-0.15, -0.1) is 0 Å². The van der Waals surface area contributed by atoms with Crippen molar-refractivity contribution in [3.63, 3.8) is 0 Å². The van der Waals surface area contributed by atoms with Gasteiger partial charge >= 0.3 is 0 Å². The Morgan fingerprint density at radius 1 is 1.14 bits per heavy atom. The molecule has 1 atom stereocenters. The van der Waals surface area contributed by atoms with E-state index >= 15 is 0 Å². The van der Waals surface area contributed by atoms with Crippen molar-refractivity contribution < 1.29 is 4.74 Å². The molecule has 0 aliphatic carbocycles. The zero-order valence-corrected chi connectivity index (χ0v) is 12.6. The average Bonchev–Trinajstić information content (AvgIpc) is 2.51. The molecule has 1 aliphatic rings. The largest absolute Gasteiger partial charge is 0.493 e. The van der Waals surface area contributed by atoms with E-state index in [1.165, 1.54) is 5.56 Å². The summed E-state index contributed by atoms with van der Waals surface area (Å²) >= 11 is 0. The zero-order valence-electron chi connectivity index (χ0n) is 12.6. The number of rotatable bonds is 3.